The predicted molar refractivity (Wildman–Crippen MR) is 184 cm³/mol. The summed E-state index contributed by atoms with van der Waals surface area (Å²) >= 11 is 0. The Morgan fingerprint density at radius 1 is 0.452 bits per heavy atom. The van der Waals surface area contributed by atoms with Gasteiger partial charge in [-0.25, -0.2) is 0 Å². The van der Waals surface area contributed by atoms with Gasteiger partial charge < -0.3 is 20.4 Å². The highest BCUT2D eigenvalue weighted by molar-refractivity contribution is 5.58. The molecule has 0 aliphatic carbocycles. The van der Waals surface area contributed by atoms with Gasteiger partial charge in [-0.3, -0.25) is 0 Å². The number of benzene rings is 4. The number of rotatable bonds is 17. The monoisotopic (exact) mass is 562 g/mol. The van der Waals surface area contributed by atoms with Crippen molar-refractivity contribution in [1.82, 2.24) is 0 Å². The normalized spacial score (nSPS) is 11.1. The molecule has 4 rings (SSSR count). The maximum absolute atomic E-state index is 3.68. The molecule has 0 radical (unpaired) electrons. The van der Waals surface area contributed by atoms with Crippen molar-refractivity contribution in [3.8, 4) is 0 Å². The number of anilines is 4. The van der Waals surface area contributed by atoms with Crippen LogP contribution in [-0.4, -0.2) is 25.2 Å². The van der Waals surface area contributed by atoms with Crippen molar-refractivity contribution in [2.45, 2.75) is 78.6 Å². The predicted octanol–water partition coefficient (Wildman–Crippen LogP) is 9.60. The van der Waals surface area contributed by atoms with Crippen LogP contribution in [0.2, 0.25) is 0 Å². The van der Waals surface area contributed by atoms with Crippen LogP contribution in [0.15, 0.2) is 109 Å². The molecule has 2 N–H and O–H groups in total. The minimum absolute atomic E-state index is 0.513. The third-order valence-corrected chi connectivity index (χ3v) is 8.25. The molecule has 0 amide bonds. The fourth-order valence-corrected chi connectivity index (χ4v) is 5.44. The van der Waals surface area contributed by atoms with Gasteiger partial charge in [0, 0.05) is 61.0 Å². The van der Waals surface area contributed by atoms with Crippen LogP contribution in [0.25, 0.3) is 0 Å². The molecule has 0 unspecified atom stereocenters. The van der Waals surface area contributed by atoms with Crippen LogP contribution in [0.1, 0.15) is 64.5 Å². The average molecular weight is 563 g/mol. The Bertz CT molecular complexity index is 1160. The highest BCUT2D eigenvalue weighted by Crippen LogP contribution is 2.24. The van der Waals surface area contributed by atoms with Crippen molar-refractivity contribution in [2.24, 2.45) is 0 Å². The van der Waals surface area contributed by atoms with E-state index in [0.717, 1.165) is 51.9 Å². The Balaban J connectivity index is 1.55. The van der Waals surface area contributed by atoms with E-state index in [0.29, 0.717) is 12.1 Å². The lowest BCUT2D eigenvalue weighted by atomic mass is 10.1. The molecule has 0 aliphatic rings. The number of nitrogens with zero attached hydrogens (tertiary/aromatic N) is 2. The Morgan fingerprint density at radius 2 is 0.786 bits per heavy atom. The molecule has 42 heavy (non-hydrogen) atoms. The largest absolute Gasteiger partial charge is 0.382 e. The molecule has 0 atom stereocenters. The zero-order valence-electron chi connectivity index (χ0n) is 26.1. The second-order valence-electron chi connectivity index (χ2n) is 11.2. The minimum atomic E-state index is 0.513. The van der Waals surface area contributed by atoms with E-state index < -0.39 is 0 Å². The van der Waals surface area contributed by atoms with Crippen LogP contribution in [0.3, 0.4) is 0 Å². The first kappa shape index (κ1) is 31.0. The summed E-state index contributed by atoms with van der Waals surface area (Å²) in [4.78, 5) is 5.02. The van der Waals surface area contributed by atoms with Crippen LogP contribution < -0.4 is 20.4 Å². The third-order valence-electron chi connectivity index (χ3n) is 8.25. The number of nitrogens with one attached hydrogen (secondary N) is 2. The third kappa shape index (κ3) is 9.30. The first-order valence-corrected chi connectivity index (χ1v) is 15.9. The molecule has 0 aromatic heterocycles. The fraction of sp³-hybridized carbons (Fsp3) is 0.368. The number of hydrogen-bond donors (Lipinski definition) is 2. The molecule has 4 aromatic carbocycles. The molecule has 0 fully saturated rings. The first-order chi connectivity index (χ1) is 20.6. The maximum atomic E-state index is 3.68. The Hall–Kier alpha value is -3.92. The van der Waals surface area contributed by atoms with Gasteiger partial charge in [-0.15, -0.1) is 0 Å². The molecule has 4 aromatic rings. The van der Waals surface area contributed by atoms with Crippen LogP contribution in [0, 0.1) is 0 Å². The molecular weight excluding hydrogens is 512 g/mol. The lowest BCUT2D eigenvalue weighted by Gasteiger charge is -2.31. The van der Waals surface area contributed by atoms with E-state index in [2.05, 4.69) is 157 Å². The van der Waals surface area contributed by atoms with Gasteiger partial charge in [0.25, 0.3) is 0 Å². The lowest BCUT2D eigenvalue weighted by Crippen LogP contribution is -2.35. The van der Waals surface area contributed by atoms with Crippen molar-refractivity contribution in [1.29, 1.82) is 0 Å². The van der Waals surface area contributed by atoms with Gasteiger partial charge in [0.15, 0.2) is 0 Å². The molecule has 0 heterocycles. The van der Waals surface area contributed by atoms with Crippen LogP contribution in [-0.2, 0) is 13.1 Å². The highest BCUT2D eigenvalue weighted by Gasteiger charge is 2.14. The van der Waals surface area contributed by atoms with Gasteiger partial charge in [-0.05, 0) is 85.3 Å². The molecular formula is C38H50N4. The smallest absolute Gasteiger partial charge is 0.0430 e. The van der Waals surface area contributed by atoms with Gasteiger partial charge in [-0.2, -0.15) is 0 Å². The molecule has 0 spiro atoms. The summed E-state index contributed by atoms with van der Waals surface area (Å²) in [5.74, 6) is 0. The zero-order valence-corrected chi connectivity index (χ0v) is 26.1. The van der Waals surface area contributed by atoms with Crippen molar-refractivity contribution in [3.05, 3.63) is 120 Å². The molecule has 222 valence electrons. The van der Waals surface area contributed by atoms with Crippen LogP contribution in [0.4, 0.5) is 22.7 Å². The fourth-order valence-electron chi connectivity index (χ4n) is 5.44. The summed E-state index contributed by atoms with van der Waals surface area (Å²) < 4.78 is 0. The summed E-state index contributed by atoms with van der Waals surface area (Å²) in [7, 11) is 0. The van der Waals surface area contributed by atoms with Gasteiger partial charge in [0.2, 0.25) is 0 Å². The van der Waals surface area contributed by atoms with Gasteiger partial charge in [0.1, 0.15) is 0 Å². The minimum Gasteiger partial charge on any atom is -0.382 e. The summed E-state index contributed by atoms with van der Waals surface area (Å²) in [5, 5.41) is 7.37. The van der Waals surface area contributed by atoms with Crippen molar-refractivity contribution in [3.63, 3.8) is 0 Å². The quantitative estimate of drug-likeness (QED) is 0.134. The number of hydrogen-bond acceptors (Lipinski definition) is 4. The summed E-state index contributed by atoms with van der Waals surface area (Å²) in [5.41, 5.74) is 7.53. The average Bonchev–Trinajstić information content (AvgIpc) is 3.05. The maximum Gasteiger partial charge on any atom is 0.0430 e. The topological polar surface area (TPSA) is 30.5 Å². The van der Waals surface area contributed by atoms with E-state index in [-0.39, 0.29) is 0 Å². The van der Waals surface area contributed by atoms with Crippen molar-refractivity contribution < 1.29 is 0 Å². The Morgan fingerprint density at radius 3 is 1.10 bits per heavy atom. The molecule has 4 nitrogen and oxygen atoms in total. The van der Waals surface area contributed by atoms with Crippen molar-refractivity contribution in [2.75, 3.05) is 33.5 Å². The first-order valence-electron chi connectivity index (χ1n) is 15.9. The second-order valence-corrected chi connectivity index (χ2v) is 11.2. The molecule has 0 saturated carbocycles. The van der Waals surface area contributed by atoms with E-state index >= 15 is 0 Å². The van der Waals surface area contributed by atoms with E-state index in [4.69, 9.17) is 0 Å². The SMILES string of the molecule is CCC(CC)Nc1ccc(N(CCN(Cc2ccccc2)c2ccc(NC(CC)CC)cc2)Cc2ccccc2)cc1. The Kier molecular flexibility index (Phi) is 12.2. The van der Waals surface area contributed by atoms with E-state index in [9.17, 15) is 0 Å². The lowest BCUT2D eigenvalue weighted by molar-refractivity contribution is 0.671. The zero-order chi connectivity index (χ0) is 29.6. The Labute approximate surface area is 254 Å². The molecule has 0 bridgehead atoms. The summed E-state index contributed by atoms with van der Waals surface area (Å²) in [6.45, 7) is 12.6. The standard InChI is InChI=1S/C38H50N4/c1-5-33(6-2)39-35-19-23-37(24-20-35)41(29-31-15-11-9-12-16-31)27-28-42(30-32-17-13-10-14-18-32)38-25-21-36(22-26-38)40-34(7-3)8-4/h9-26,33-34,39-40H,5-8,27-30H2,1-4H3. The van der Waals surface area contributed by atoms with Crippen LogP contribution in [0.5, 0.6) is 0 Å². The van der Waals surface area contributed by atoms with E-state index in [1.807, 2.05) is 0 Å². The van der Waals surface area contributed by atoms with Gasteiger partial charge >= 0.3 is 0 Å². The van der Waals surface area contributed by atoms with Gasteiger partial charge in [-0.1, -0.05) is 88.4 Å². The second kappa shape index (κ2) is 16.5. The molecule has 4 heteroatoms. The van der Waals surface area contributed by atoms with Crippen molar-refractivity contribution >= 4 is 22.7 Å². The van der Waals surface area contributed by atoms with Gasteiger partial charge in [0.05, 0.1) is 0 Å². The molecule has 0 aliphatic heterocycles. The summed E-state index contributed by atoms with van der Waals surface area (Å²) in [6.07, 6.45) is 4.52. The molecule has 0 saturated heterocycles. The highest BCUT2D eigenvalue weighted by atomic mass is 15.2. The summed E-state index contributed by atoms with van der Waals surface area (Å²) in [6, 6.07) is 40.7. The van der Waals surface area contributed by atoms with E-state index in [1.54, 1.807) is 0 Å². The van der Waals surface area contributed by atoms with Crippen LogP contribution >= 0.6 is 0 Å². The van der Waals surface area contributed by atoms with E-state index in [1.165, 1.54) is 33.9 Å².